The van der Waals surface area contributed by atoms with E-state index in [1.165, 1.54) is 11.3 Å². The molecule has 0 radical (unpaired) electrons. The van der Waals surface area contributed by atoms with Crippen molar-refractivity contribution < 1.29 is 4.79 Å². The third-order valence-corrected chi connectivity index (χ3v) is 4.40. The van der Waals surface area contributed by atoms with Gasteiger partial charge < -0.3 is 5.32 Å². The van der Waals surface area contributed by atoms with E-state index in [0.717, 1.165) is 15.8 Å². The molecule has 6 nitrogen and oxygen atoms in total. The van der Waals surface area contributed by atoms with E-state index in [1.54, 1.807) is 11.4 Å². The van der Waals surface area contributed by atoms with E-state index in [9.17, 15) is 9.59 Å². The first kappa shape index (κ1) is 15.4. The minimum atomic E-state index is -0.297. The second kappa shape index (κ2) is 6.29. The van der Waals surface area contributed by atoms with Gasteiger partial charge in [0.25, 0.3) is 5.56 Å². The van der Waals surface area contributed by atoms with E-state index in [1.807, 2.05) is 38.1 Å². The van der Waals surface area contributed by atoms with Gasteiger partial charge in [-0.15, -0.1) is 16.4 Å². The highest BCUT2D eigenvalue weighted by atomic mass is 32.1. The van der Waals surface area contributed by atoms with Crippen LogP contribution in [0.15, 0.2) is 40.5 Å². The number of nitrogens with zero attached hydrogens (tertiary/aromatic N) is 3. The Bertz CT molecular complexity index is 898. The highest BCUT2D eigenvalue weighted by Crippen LogP contribution is 2.14. The zero-order valence-corrected chi connectivity index (χ0v) is 13.6. The zero-order chi connectivity index (χ0) is 16.4. The molecule has 0 fully saturated rings. The summed E-state index contributed by atoms with van der Waals surface area (Å²) in [7, 11) is 0. The SMILES string of the molecule is Cc1ccc(C(C)NC(=O)Cn2nnc3sccc3c2=O)cc1. The number of carbonyl (C=O) groups excluding carboxylic acids is 1. The van der Waals surface area contributed by atoms with Crippen molar-refractivity contribution in [1.29, 1.82) is 0 Å². The van der Waals surface area contributed by atoms with Crippen LogP contribution in [0.5, 0.6) is 0 Å². The van der Waals surface area contributed by atoms with Gasteiger partial charge >= 0.3 is 0 Å². The van der Waals surface area contributed by atoms with Crippen LogP contribution in [-0.4, -0.2) is 20.9 Å². The van der Waals surface area contributed by atoms with Gasteiger partial charge in [0, 0.05) is 0 Å². The molecular formula is C16H16N4O2S. The zero-order valence-electron chi connectivity index (χ0n) is 12.8. The number of amides is 1. The first-order chi connectivity index (χ1) is 11.0. The van der Waals surface area contributed by atoms with E-state index in [2.05, 4.69) is 15.6 Å². The summed E-state index contributed by atoms with van der Waals surface area (Å²) in [6.07, 6.45) is 0. The monoisotopic (exact) mass is 328 g/mol. The van der Waals surface area contributed by atoms with E-state index in [-0.39, 0.29) is 24.1 Å². The Morgan fingerprint density at radius 3 is 2.78 bits per heavy atom. The number of aromatic nitrogens is 3. The summed E-state index contributed by atoms with van der Waals surface area (Å²) >= 11 is 1.35. The van der Waals surface area contributed by atoms with E-state index >= 15 is 0 Å². The number of thiophene rings is 1. The smallest absolute Gasteiger partial charge is 0.278 e. The number of nitrogens with one attached hydrogen (secondary N) is 1. The molecule has 3 rings (SSSR count). The average molecular weight is 328 g/mol. The van der Waals surface area contributed by atoms with Crippen LogP contribution in [0.3, 0.4) is 0 Å². The molecule has 0 saturated carbocycles. The molecule has 23 heavy (non-hydrogen) atoms. The van der Waals surface area contributed by atoms with Crippen LogP contribution in [0, 0.1) is 6.92 Å². The highest BCUT2D eigenvalue weighted by molar-refractivity contribution is 7.16. The maximum absolute atomic E-state index is 12.2. The minimum absolute atomic E-state index is 0.142. The predicted octanol–water partition coefficient (Wildman–Crippen LogP) is 2.04. The maximum Gasteiger partial charge on any atom is 0.278 e. The highest BCUT2D eigenvalue weighted by Gasteiger charge is 2.13. The Hall–Kier alpha value is -2.54. The van der Waals surface area contributed by atoms with Crippen LogP contribution in [0.2, 0.25) is 0 Å². The number of benzene rings is 1. The topological polar surface area (TPSA) is 76.9 Å². The molecule has 0 saturated heterocycles. The number of rotatable bonds is 4. The lowest BCUT2D eigenvalue weighted by molar-refractivity contribution is -0.122. The third-order valence-electron chi connectivity index (χ3n) is 3.60. The lowest BCUT2D eigenvalue weighted by Crippen LogP contribution is -2.35. The molecule has 118 valence electrons. The largest absolute Gasteiger partial charge is 0.348 e. The second-order valence-corrected chi connectivity index (χ2v) is 6.29. The summed E-state index contributed by atoms with van der Waals surface area (Å²) < 4.78 is 1.09. The average Bonchev–Trinajstić information content (AvgIpc) is 3.00. The molecule has 0 bridgehead atoms. The summed E-state index contributed by atoms with van der Waals surface area (Å²) in [6, 6.07) is 9.50. The number of fused-ring (bicyclic) bond motifs is 1. The quantitative estimate of drug-likeness (QED) is 0.795. The summed E-state index contributed by atoms with van der Waals surface area (Å²) in [5.74, 6) is -0.274. The fraction of sp³-hybridized carbons (Fsp3) is 0.250. The van der Waals surface area contributed by atoms with Crippen LogP contribution < -0.4 is 10.9 Å². The van der Waals surface area contributed by atoms with Crippen molar-refractivity contribution in [3.05, 3.63) is 57.2 Å². The van der Waals surface area contributed by atoms with E-state index in [4.69, 9.17) is 0 Å². The van der Waals surface area contributed by atoms with Gasteiger partial charge in [-0.25, -0.2) is 4.68 Å². The molecule has 0 aliphatic heterocycles. The van der Waals surface area contributed by atoms with Crippen LogP contribution in [0.4, 0.5) is 0 Å². The lowest BCUT2D eigenvalue weighted by atomic mass is 10.1. The molecule has 7 heteroatoms. The molecule has 1 atom stereocenters. The standard InChI is InChI=1S/C16H16N4O2S/c1-10-3-5-12(6-4-10)11(2)17-14(21)9-20-16(22)13-7-8-23-15(13)18-19-20/h3-8,11H,9H2,1-2H3,(H,17,21). The third kappa shape index (κ3) is 3.29. The van der Waals surface area contributed by atoms with Gasteiger partial charge in [0.1, 0.15) is 6.54 Å². The van der Waals surface area contributed by atoms with Gasteiger partial charge in [-0.05, 0) is 30.9 Å². The van der Waals surface area contributed by atoms with Crippen molar-refractivity contribution in [3.63, 3.8) is 0 Å². The Kier molecular flexibility index (Phi) is 4.20. The van der Waals surface area contributed by atoms with Gasteiger partial charge in [0.15, 0.2) is 4.83 Å². The van der Waals surface area contributed by atoms with E-state index < -0.39 is 0 Å². The van der Waals surface area contributed by atoms with Crippen molar-refractivity contribution in [3.8, 4) is 0 Å². The maximum atomic E-state index is 12.2. The Labute approximate surface area is 136 Å². The van der Waals surface area contributed by atoms with Crippen LogP contribution >= 0.6 is 11.3 Å². The van der Waals surface area contributed by atoms with Crippen molar-refractivity contribution >= 4 is 27.5 Å². The van der Waals surface area contributed by atoms with Crippen molar-refractivity contribution in [2.45, 2.75) is 26.4 Å². The lowest BCUT2D eigenvalue weighted by Gasteiger charge is -2.14. The van der Waals surface area contributed by atoms with Crippen LogP contribution in [-0.2, 0) is 11.3 Å². The first-order valence-electron chi connectivity index (χ1n) is 7.21. The summed E-state index contributed by atoms with van der Waals surface area (Å²) in [5, 5.41) is 12.9. The molecule has 2 aromatic heterocycles. The molecule has 3 aromatic rings. The molecule has 1 aromatic carbocycles. The number of aryl methyl sites for hydroxylation is 1. The molecule has 0 aliphatic rings. The Morgan fingerprint density at radius 1 is 1.30 bits per heavy atom. The molecule has 0 aliphatic carbocycles. The minimum Gasteiger partial charge on any atom is -0.348 e. The van der Waals surface area contributed by atoms with E-state index in [0.29, 0.717) is 10.2 Å². The molecule has 2 heterocycles. The van der Waals surface area contributed by atoms with Crippen molar-refractivity contribution in [2.24, 2.45) is 0 Å². The predicted molar refractivity (Wildman–Crippen MR) is 89.4 cm³/mol. The summed E-state index contributed by atoms with van der Waals surface area (Å²) in [6.45, 7) is 3.77. The first-order valence-corrected chi connectivity index (χ1v) is 8.09. The van der Waals surface area contributed by atoms with Gasteiger partial charge in [0.2, 0.25) is 5.91 Å². The summed E-state index contributed by atoms with van der Waals surface area (Å²) in [4.78, 5) is 24.9. The number of hydrogen-bond acceptors (Lipinski definition) is 5. The Morgan fingerprint density at radius 2 is 2.04 bits per heavy atom. The van der Waals surface area contributed by atoms with Gasteiger partial charge in [-0.2, -0.15) is 0 Å². The number of carbonyl (C=O) groups is 1. The molecule has 0 spiro atoms. The summed E-state index contributed by atoms with van der Waals surface area (Å²) in [5.41, 5.74) is 1.88. The normalized spacial score (nSPS) is 12.3. The van der Waals surface area contributed by atoms with Crippen LogP contribution in [0.1, 0.15) is 24.1 Å². The second-order valence-electron chi connectivity index (χ2n) is 5.39. The molecular weight excluding hydrogens is 312 g/mol. The number of hydrogen-bond donors (Lipinski definition) is 1. The fourth-order valence-corrected chi connectivity index (χ4v) is 2.98. The Balaban J connectivity index is 1.72. The molecule has 1 amide bonds. The fourth-order valence-electron chi connectivity index (χ4n) is 2.28. The molecule has 1 N–H and O–H groups in total. The van der Waals surface area contributed by atoms with Crippen molar-refractivity contribution in [1.82, 2.24) is 20.3 Å². The molecule has 1 unspecified atom stereocenters. The van der Waals surface area contributed by atoms with Crippen molar-refractivity contribution in [2.75, 3.05) is 0 Å². The van der Waals surface area contributed by atoms with Crippen LogP contribution in [0.25, 0.3) is 10.2 Å². The van der Waals surface area contributed by atoms with Gasteiger partial charge in [0.05, 0.1) is 11.4 Å². The van der Waals surface area contributed by atoms with Gasteiger partial charge in [-0.3, -0.25) is 9.59 Å². The van der Waals surface area contributed by atoms with Gasteiger partial charge in [-0.1, -0.05) is 35.0 Å².